The van der Waals surface area contributed by atoms with Crippen LogP contribution in [0.2, 0.25) is 0 Å². The van der Waals surface area contributed by atoms with Gasteiger partial charge >= 0.3 is 0 Å². The third kappa shape index (κ3) is 18.7. The number of hydrogen-bond donors (Lipinski definition) is 1. The Morgan fingerprint density at radius 3 is 1.42 bits per heavy atom. The van der Waals surface area contributed by atoms with Gasteiger partial charge in [0, 0.05) is 0 Å². The van der Waals surface area contributed by atoms with E-state index in [2.05, 4.69) is 27.9 Å². The molecule has 0 rings (SSSR count). The van der Waals surface area contributed by atoms with Crippen molar-refractivity contribution in [2.45, 2.75) is 129 Å². The van der Waals surface area contributed by atoms with Crippen LogP contribution < -0.4 is 0 Å². The monoisotopic (exact) mass is 370 g/mol. The van der Waals surface area contributed by atoms with E-state index < -0.39 is 0 Å². The van der Waals surface area contributed by atoms with Gasteiger partial charge in [0.2, 0.25) is 0 Å². The highest BCUT2D eigenvalue weighted by atomic mass is 16.3. The highest BCUT2D eigenvalue weighted by molar-refractivity contribution is 4.56. The van der Waals surface area contributed by atoms with Crippen molar-refractivity contribution in [1.82, 2.24) is 0 Å². The Labute approximate surface area is 166 Å². The summed E-state index contributed by atoms with van der Waals surface area (Å²) in [4.78, 5) is 0. The fraction of sp³-hybridized carbons (Fsp3) is 1.00. The van der Waals surface area contributed by atoms with Gasteiger partial charge in [-0.25, -0.2) is 0 Å². The maximum atomic E-state index is 10.4. The molecule has 0 fully saturated rings. The highest BCUT2D eigenvalue weighted by Crippen LogP contribution is 2.14. The Bertz CT molecular complexity index is 277. The first-order chi connectivity index (χ1) is 12.5. The highest BCUT2D eigenvalue weighted by Gasteiger charge is 2.19. The van der Waals surface area contributed by atoms with Crippen molar-refractivity contribution in [1.29, 1.82) is 0 Å². The summed E-state index contributed by atoms with van der Waals surface area (Å²) < 4.78 is 0.980. The molecular weight excluding hydrogens is 318 g/mol. The fourth-order valence-electron chi connectivity index (χ4n) is 3.94. The summed E-state index contributed by atoms with van der Waals surface area (Å²) in [6.45, 7) is 6.69. The Morgan fingerprint density at radius 2 is 0.962 bits per heavy atom. The molecule has 1 atom stereocenters. The zero-order valence-electron chi connectivity index (χ0n) is 18.9. The van der Waals surface area contributed by atoms with Gasteiger partial charge in [0.15, 0.2) is 0 Å². The van der Waals surface area contributed by atoms with Gasteiger partial charge in [-0.2, -0.15) is 0 Å². The molecule has 0 aliphatic carbocycles. The molecule has 0 aromatic carbocycles. The Balaban J connectivity index is 3.52. The van der Waals surface area contributed by atoms with Gasteiger partial charge < -0.3 is 9.59 Å². The van der Waals surface area contributed by atoms with Crippen molar-refractivity contribution in [2.75, 3.05) is 27.2 Å². The van der Waals surface area contributed by atoms with Gasteiger partial charge in [-0.15, -0.1) is 0 Å². The van der Waals surface area contributed by atoms with Crippen LogP contribution in [-0.2, 0) is 0 Å². The molecule has 0 heterocycles. The Kier molecular flexibility index (Phi) is 18.2. The second-order valence-electron chi connectivity index (χ2n) is 9.23. The van der Waals surface area contributed by atoms with Crippen LogP contribution in [0.25, 0.3) is 0 Å². The molecule has 0 aliphatic rings. The number of likely N-dealkylation sites (N-methyl/N-ethyl adjacent to an activating group) is 1. The summed E-state index contributed by atoms with van der Waals surface area (Å²) in [5.74, 6) is 0. The average Bonchev–Trinajstić information content (AvgIpc) is 2.59. The fourth-order valence-corrected chi connectivity index (χ4v) is 3.94. The van der Waals surface area contributed by atoms with Crippen LogP contribution in [0.3, 0.4) is 0 Å². The number of aliphatic hydroxyl groups is 1. The van der Waals surface area contributed by atoms with Gasteiger partial charge in [-0.1, -0.05) is 104 Å². The molecule has 0 spiro atoms. The predicted octanol–water partition coefficient (Wildman–Crippen LogP) is 7.10. The molecule has 0 aromatic rings. The van der Waals surface area contributed by atoms with Crippen LogP contribution in [0.5, 0.6) is 0 Å². The van der Waals surface area contributed by atoms with E-state index in [1.54, 1.807) is 0 Å². The van der Waals surface area contributed by atoms with Crippen LogP contribution in [0.15, 0.2) is 0 Å². The van der Waals surface area contributed by atoms with Gasteiger partial charge in [0.05, 0.1) is 20.6 Å². The smallest absolute Gasteiger partial charge is 0.105 e. The van der Waals surface area contributed by atoms with Crippen molar-refractivity contribution in [3.8, 4) is 0 Å². The van der Waals surface area contributed by atoms with E-state index >= 15 is 0 Å². The summed E-state index contributed by atoms with van der Waals surface area (Å²) in [7, 11) is 4.58. The quantitative estimate of drug-likeness (QED) is 0.179. The molecule has 0 amide bonds. The Hall–Kier alpha value is -0.0800. The first kappa shape index (κ1) is 25.9. The molecular formula is C24H52NO+. The van der Waals surface area contributed by atoms with Crippen LogP contribution >= 0.6 is 0 Å². The summed E-state index contributed by atoms with van der Waals surface area (Å²) in [6.07, 6.45) is 22.7. The lowest BCUT2D eigenvalue weighted by atomic mass is 10.0. The summed E-state index contributed by atoms with van der Waals surface area (Å²) in [5.41, 5.74) is 0. The zero-order valence-corrected chi connectivity index (χ0v) is 18.9. The van der Waals surface area contributed by atoms with Gasteiger partial charge in [-0.3, -0.25) is 0 Å². The number of hydrogen-bond acceptors (Lipinski definition) is 1. The minimum absolute atomic E-state index is 0.112. The molecule has 0 aromatic heterocycles. The van der Waals surface area contributed by atoms with Gasteiger partial charge in [0.25, 0.3) is 0 Å². The average molecular weight is 371 g/mol. The van der Waals surface area contributed by atoms with E-state index in [1.165, 1.54) is 109 Å². The lowest BCUT2D eigenvalue weighted by Crippen LogP contribution is -2.45. The summed E-state index contributed by atoms with van der Waals surface area (Å²) in [5, 5.41) is 10.4. The number of aliphatic hydroxyl groups excluding tert-OH is 1. The first-order valence-electron chi connectivity index (χ1n) is 12.0. The van der Waals surface area contributed by atoms with Gasteiger partial charge in [0.1, 0.15) is 12.6 Å². The molecule has 0 bridgehead atoms. The predicted molar refractivity (Wildman–Crippen MR) is 118 cm³/mol. The summed E-state index contributed by atoms with van der Waals surface area (Å²) in [6, 6.07) is 0. The normalized spacial score (nSPS) is 13.3. The molecule has 26 heavy (non-hydrogen) atoms. The van der Waals surface area contributed by atoms with E-state index in [1.807, 2.05) is 0 Å². The second kappa shape index (κ2) is 18.3. The standard InChI is InChI=1S/C24H52NO/c1-5-7-9-11-13-15-17-19-21-24(26)23-25(3,4)22-20-18-16-14-12-10-8-6-2/h24,26H,5-23H2,1-4H3/q+1. The number of nitrogens with zero attached hydrogens (tertiary/aromatic N) is 1. The summed E-state index contributed by atoms with van der Waals surface area (Å²) >= 11 is 0. The molecule has 0 saturated heterocycles. The van der Waals surface area contributed by atoms with E-state index in [9.17, 15) is 5.11 Å². The number of quaternary nitrogens is 1. The molecule has 1 N–H and O–H groups in total. The molecule has 158 valence electrons. The van der Waals surface area contributed by atoms with E-state index in [0.717, 1.165) is 17.4 Å². The maximum absolute atomic E-state index is 10.4. The third-order valence-corrected chi connectivity index (χ3v) is 5.71. The van der Waals surface area contributed by atoms with Crippen molar-refractivity contribution in [2.24, 2.45) is 0 Å². The van der Waals surface area contributed by atoms with Crippen molar-refractivity contribution >= 4 is 0 Å². The molecule has 2 nitrogen and oxygen atoms in total. The second-order valence-corrected chi connectivity index (χ2v) is 9.23. The number of unbranched alkanes of at least 4 members (excludes halogenated alkanes) is 14. The molecule has 2 heteroatoms. The lowest BCUT2D eigenvalue weighted by Gasteiger charge is -2.32. The molecule has 0 radical (unpaired) electrons. The van der Waals surface area contributed by atoms with Crippen molar-refractivity contribution < 1.29 is 9.59 Å². The SMILES string of the molecule is CCCCCCCCCCC(O)C[N+](C)(C)CCCCCCCCCC. The van der Waals surface area contributed by atoms with Crippen LogP contribution in [0, 0.1) is 0 Å². The van der Waals surface area contributed by atoms with E-state index in [0.29, 0.717) is 0 Å². The van der Waals surface area contributed by atoms with Crippen LogP contribution in [0.4, 0.5) is 0 Å². The first-order valence-corrected chi connectivity index (χ1v) is 12.0. The van der Waals surface area contributed by atoms with Gasteiger partial charge in [-0.05, 0) is 19.3 Å². The topological polar surface area (TPSA) is 20.2 Å². The molecule has 1 unspecified atom stereocenters. The third-order valence-electron chi connectivity index (χ3n) is 5.71. The minimum Gasteiger partial charge on any atom is -0.387 e. The maximum Gasteiger partial charge on any atom is 0.105 e. The van der Waals surface area contributed by atoms with Crippen LogP contribution in [0.1, 0.15) is 123 Å². The zero-order chi connectivity index (χ0) is 19.5. The molecule has 0 saturated carbocycles. The number of rotatable bonds is 20. The van der Waals surface area contributed by atoms with E-state index in [-0.39, 0.29) is 6.10 Å². The van der Waals surface area contributed by atoms with Crippen molar-refractivity contribution in [3.05, 3.63) is 0 Å². The van der Waals surface area contributed by atoms with E-state index in [4.69, 9.17) is 0 Å². The van der Waals surface area contributed by atoms with Crippen LogP contribution in [-0.4, -0.2) is 42.9 Å². The Morgan fingerprint density at radius 1 is 0.577 bits per heavy atom. The largest absolute Gasteiger partial charge is 0.387 e. The van der Waals surface area contributed by atoms with Crippen molar-refractivity contribution in [3.63, 3.8) is 0 Å². The molecule has 0 aliphatic heterocycles. The minimum atomic E-state index is -0.112. The lowest BCUT2D eigenvalue weighted by molar-refractivity contribution is -0.893.